The Morgan fingerprint density at radius 2 is 1.65 bits per heavy atom. The summed E-state index contributed by atoms with van der Waals surface area (Å²) in [5.41, 5.74) is 1.83. The molecule has 4 nitrogen and oxygen atoms in total. The molecule has 1 saturated heterocycles. The highest BCUT2D eigenvalue weighted by molar-refractivity contribution is 6.30. The molecule has 1 heterocycles. The number of ketones is 1. The van der Waals surface area contributed by atoms with Gasteiger partial charge in [0.2, 0.25) is 0 Å². The maximum Gasteiger partial charge on any atom is 0.162 e. The van der Waals surface area contributed by atoms with Crippen LogP contribution in [0.1, 0.15) is 41.6 Å². The van der Waals surface area contributed by atoms with Crippen LogP contribution in [-0.2, 0) is 5.60 Å². The van der Waals surface area contributed by atoms with E-state index in [0.29, 0.717) is 36.3 Å². The predicted octanol–water partition coefficient (Wildman–Crippen LogP) is 3.78. The van der Waals surface area contributed by atoms with Crippen molar-refractivity contribution in [2.24, 2.45) is 0 Å². The van der Waals surface area contributed by atoms with E-state index in [1.807, 2.05) is 48.5 Å². The van der Waals surface area contributed by atoms with Crippen molar-refractivity contribution >= 4 is 23.1 Å². The van der Waals surface area contributed by atoms with E-state index in [1.165, 1.54) is 0 Å². The Morgan fingerprint density at radius 3 is 2.23 bits per heavy atom. The van der Waals surface area contributed by atoms with Crippen LogP contribution in [0, 0.1) is 0 Å². The Hall–Kier alpha value is -1.88. The molecule has 2 N–H and O–H groups in total. The van der Waals surface area contributed by atoms with Crippen molar-refractivity contribution in [1.82, 2.24) is 0 Å². The van der Waals surface area contributed by atoms with E-state index >= 15 is 0 Å². The molecule has 3 rings (SSSR count). The highest BCUT2D eigenvalue weighted by Gasteiger charge is 2.34. The summed E-state index contributed by atoms with van der Waals surface area (Å²) in [7, 11) is 0. The van der Waals surface area contributed by atoms with E-state index in [0.717, 1.165) is 24.3 Å². The van der Waals surface area contributed by atoms with E-state index in [2.05, 4.69) is 4.90 Å². The number of carbonyl (C=O) groups is 1. The molecule has 1 fully saturated rings. The van der Waals surface area contributed by atoms with E-state index < -0.39 is 5.60 Å². The second-order valence-electron chi connectivity index (χ2n) is 6.82. The van der Waals surface area contributed by atoms with Crippen LogP contribution in [-0.4, -0.2) is 35.7 Å². The summed E-state index contributed by atoms with van der Waals surface area (Å²) in [5, 5.41) is 20.5. The summed E-state index contributed by atoms with van der Waals surface area (Å²) in [4.78, 5) is 14.2. The first-order valence-electron chi connectivity index (χ1n) is 8.99. The number of Topliss-reactive ketones (excluding diaryl/α,β-unsaturated/α-hetero) is 1. The zero-order valence-electron chi connectivity index (χ0n) is 14.7. The largest absolute Gasteiger partial charge is 0.396 e. The van der Waals surface area contributed by atoms with Gasteiger partial charge >= 0.3 is 0 Å². The van der Waals surface area contributed by atoms with Crippen LogP contribution in [0.3, 0.4) is 0 Å². The highest BCUT2D eigenvalue weighted by atomic mass is 35.5. The predicted molar refractivity (Wildman–Crippen MR) is 104 cm³/mol. The van der Waals surface area contributed by atoms with Gasteiger partial charge in [-0.15, -0.1) is 0 Å². The molecule has 0 radical (unpaired) electrons. The van der Waals surface area contributed by atoms with Crippen molar-refractivity contribution in [2.45, 2.75) is 31.3 Å². The molecule has 138 valence electrons. The number of carbonyl (C=O) groups excluding carboxylic acids is 1. The third-order valence-electron chi connectivity index (χ3n) is 5.09. The van der Waals surface area contributed by atoms with Crippen molar-refractivity contribution in [3.8, 4) is 0 Å². The quantitative estimate of drug-likeness (QED) is 0.756. The Labute approximate surface area is 159 Å². The summed E-state index contributed by atoms with van der Waals surface area (Å²) < 4.78 is 0. The van der Waals surface area contributed by atoms with E-state index in [4.69, 9.17) is 16.7 Å². The maximum absolute atomic E-state index is 12.0. The third kappa shape index (κ3) is 4.26. The molecule has 1 aliphatic heterocycles. The van der Waals surface area contributed by atoms with Gasteiger partial charge in [0.25, 0.3) is 0 Å². The average Bonchev–Trinajstić information content (AvgIpc) is 2.67. The molecular weight excluding hydrogens is 350 g/mol. The number of hydrogen-bond acceptors (Lipinski definition) is 4. The van der Waals surface area contributed by atoms with Gasteiger partial charge in [0.15, 0.2) is 5.78 Å². The van der Waals surface area contributed by atoms with Crippen molar-refractivity contribution in [1.29, 1.82) is 0 Å². The zero-order chi connectivity index (χ0) is 18.6. The van der Waals surface area contributed by atoms with Crippen molar-refractivity contribution in [2.75, 3.05) is 24.6 Å². The van der Waals surface area contributed by atoms with Gasteiger partial charge in [0, 0.05) is 42.4 Å². The van der Waals surface area contributed by atoms with Gasteiger partial charge in [-0.2, -0.15) is 0 Å². The molecule has 5 heteroatoms. The summed E-state index contributed by atoms with van der Waals surface area (Å²) >= 11 is 5.94. The molecule has 2 aromatic rings. The zero-order valence-corrected chi connectivity index (χ0v) is 15.5. The highest BCUT2D eigenvalue weighted by Crippen LogP contribution is 2.35. The van der Waals surface area contributed by atoms with Gasteiger partial charge < -0.3 is 15.1 Å². The fourth-order valence-corrected chi connectivity index (χ4v) is 3.55. The monoisotopic (exact) mass is 373 g/mol. The normalized spacial score (nSPS) is 16.5. The number of halogens is 1. The lowest BCUT2D eigenvalue weighted by Crippen LogP contribution is -2.42. The molecule has 26 heavy (non-hydrogen) atoms. The Morgan fingerprint density at radius 1 is 1.04 bits per heavy atom. The first-order valence-corrected chi connectivity index (χ1v) is 9.37. The number of piperidine rings is 1. The van der Waals surface area contributed by atoms with Crippen molar-refractivity contribution < 1.29 is 15.0 Å². The third-order valence-corrected chi connectivity index (χ3v) is 5.34. The lowest BCUT2D eigenvalue weighted by atomic mass is 9.84. The fourth-order valence-electron chi connectivity index (χ4n) is 3.43. The summed E-state index contributed by atoms with van der Waals surface area (Å²) in [6, 6.07) is 15.0. The molecule has 2 aromatic carbocycles. The van der Waals surface area contributed by atoms with Crippen LogP contribution in [0.4, 0.5) is 5.69 Å². The molecule has 0 aliphatic carbocycles. The molecule has 0 atom stereocenters. The van der Waals surface area contributed by atoms with Crippen LogP contribution in [0.15, 0.2) is 48.5 Å². The lowest BCUT2D eigenvalue weighted by Gasteiger charge is -2.39. The molecule has 0 aromatic heterocycles. The van der Waals surface area contributed by atoms with Crippen LogP contribution < -0.4 is 4.90 Å². The standard InChI is InChI=1S/C21H24ClNO3/c22-18-7-5-17(6-8-18)21(26)11-13-23(14-12-21)19-9-3-16(4-10-19)20(25)2-1-15-24/h3-10,24,26H,1-2,11-15H2. The Kier molecular flexibility index (Phi) is 5.97. The topological polar surface area (TPSA) is 60.8 Å². The average molecular weight is 374 g/mol. The van der Waals surface area contributed by atoms with Gasteiger partial charge in [-0.05, 0) is 61.2 Å². The van der Waals surface area contributed by atoms with Crippen LogP contribution in [0.25, 0.3) is 0 Å². The van der Waals surface area contributed by atoms with Crippen molar-refractivity contribution in [3.63, 3.8) is 0 Å². The van der Waals surface area contributed by atoms with Gasteiger partial charge in [0.1, 0.15) is 0 Å². The first kappa shape index (κ1) is 18.9. The minimum absolute atomic E-state index is 0.0358. The second kappa shape index (κ2) is 8.21. The Bertz CT molecular complexity index is 735. The maximum atomic E-state index is 12.0. The van der Waals surface area contributed by atoms with E-state index in [1.54, 1.807) is 0 Å². The molecule has 0 bridgehead atoms. The molecule has 0 amide bonds. The van der Waals surface area contributed by atoms with Crippen molar-refractivity contribution in [3.05, 3.63) is 64.7 Å². The summed E-state index contributed by atoms with van der Waals surface area (Å²) in [5.74, 6) is 0.0568. The minimum Gasteiger partial charge on any atom is -0.396 e. The minimum atomic E-state index is -0.818. The number of benzene rings is 2. The number of aliphatic hydroxyl groups is 2. The second-order valence-corrected chi connectivity index (χ2v) is 7.26. The Balaban J connectivity index is 1.62. The molecule has 0 spiro atoms. The number of rotatable bonds is 6. The van der Waals surface area contributed by atoms with Crippen LogP contribution in [0.2, 0.25) is 5.02 Å². The van der Waals surface area contributed by atoms with Gasteiger partial charge in [0.05, 0.1) is 5.60 Å². The SMILES string of the molecule is O=C(CCCO)c1ccc(N2CCC(O)(c3ccc(Cl)cc3)CC2)cc1. The number of aliphatic hydroxyl groups excluding tert-OH is 1. The number of anilines is 1. The number of hydrogen-bond donors (Lipinski definition) is 2. The molecule has 0 unspecified atom stereocenters. The number of nitrogens with zero attached hydrogens (tertiary/aromatic N) is 1. The van der Waals surface area contributed by atoms with E-state index in [-0.39, 0.29) is 12.4 Å². The van der Waals surface area contributed by atoms with E-state index in [9.17, 15) is 9.90 Å². The van der Waals surface area contributed by atoms with Crippen LogP contribution in [0.5, 0.6) is 0 Å². The van der Waals surface area contributed by atoms with Gasteiger partial charge in [-0.1, -0.05) is 23.7 Å². The summed E-state index contributed by atoms with van der Waals surface area (Å²) in [6.45, 7) is 1.53. The smallest absolute Gasteiger partial charge is 0.162 e. The summed E-state index contributed by atoms with van der Waals surface area (Å²) in [6.07, 6.45) is 2.15. The lowest BCUT2D eigenvalue weighted by molar-refractivity contribution is 0.0118. The van der Waals surface area contributed by atoms with Gasteiger partial charge in [-0.25, -0.2) is 0 Å². The molecule has 0 saturated carbocycles. The fraction of sp³-hybridized carbons (Fsp3) is 0.381. The first-order chi connectivity index (χ1) is 12.5. The molecular formula is C21H24ClNO3. The van der Waals surface area contributed by atoms with Crippen LogP contribution >= 0.6 is 11.6 Å². The van der Waals surface area contributed by atoms with Gasteiger partial charge in [-0.3, -0.25) is 4.79 Å². The molecule has 1 aliphatic rings.